The van der Waals surface area contributed by atoms with E-state index in [-0.39, 0.29) is 17.1 Å². The zero-order chi connectivity index (χ0) is 14.8. The summed E-state index contributed by atoms with van der Waals surface area (Å²) in [6, 6.07) is 4.92. The van der Waals surface area contributed by atoms with Crippen LogP contribution in [0, 0.1) is 5.41 Å². The first-order chi connectivity index (χ1) is 9.39. The number of amides is 1. The highest BCUT2D eigenvalue weighted by Gasteiger charge is 2.29. The molecule has 2 N–H and O–H groups in total. The van der Waals surface area contributed by atoms with Crippen LogP contribution in [0.4, 0.5) is 0 Å². The molecular weight excluding hydrogens is 320 g/mol. The van der Waals surface area contributed by atoms with E-state index in [1.807, 2.05) is 0 Å². The van der Waals surface area contributed by atoms with Crippen LogP contribution in [0.5, 0.6) is 5.75 Å². The zero-order valence-corrected chi connectivity index (χ0v) is 13.5. The van der Waals surface area contributed by atoms with Crippen LogP contribution in [-0.2, 0) is 0 Å². The fourth-order valence-electron chi connectivity index (χ4n) is 2.42. The van der Waals surface area contributed by atoms with Crippen molar-refractivity contribution in [1.29, 1.82) is 0 Å². The topological polar surface area (TPSA) is 52.6 Å². The third kappa shape index (κ3) is 3.73. The van der Waals surface area contributed by atoms with Gasteiger partial charge in [0.25, 0.3) is 5.91 Å². The molecule has 0 radical (unpaired) electrons. The smallest absolute Gasteiger partial charge is 0.255 e. The molecule has 0 bridgehead atoms. The summed E-state index contributed by atoms with van der Waals surface area (Å²) in [5, 5.41) is 12.8. The molecule has 1 amide bonds. The maximum atomic E-state index is 12.1. The molecule has 1 saturated heterocycles. The van der Waals surface area contributed by atoms with E-state index in [0.717, 1.165) is 30.4 Å². The van der Waals surface area contributed by atoms with Gasteiger partial charge in [-0.05, 0) is 56.6 Å². The van der Waals surface area contributed by atoms with Gasteiger partial charge in [0.2, 0.25) is 0 Å². The number of aromatic hydroxyl groups is 1. The summed E-state index contributed by atoms with van der Waals surface area (Å²) in [5.41, 5.74) is 0.470. The van der Waals surface area contributed by atoms with Crippen molar-refractivity contribution in [2.75, 3.05) is 26.7 Å². The van der Waals surface area contributed by atoms with Gasteiger partial charge in [-0.1, -0.05) is 22.9 Å². The highest BCUT2D eigenvalue weighted by molar-refractivity contribution is 9.10. The molecule has 1 aromatic carbocycles. The molecule has 2 rings (SSSR count). The molecule has 0 aliphatic carbocycles. The van der Waals surface area contributed by atoms with Crippen LogP contribution >= 0.6 is 15.9 Å². The first kappa shape index (κ1) is 15.3. The number of likely N-dealkylation sites (tertiary alicyclic amines) is 1. The SMILES string of the molecule is CN1CCC(C)(CNC(=O)c2ccc(Br)cc2O)CC1. The second kappa shape index (κ2) is 6.14. The fourth-order valence-corrected chi connectivity index (χ4v) is 2.77. The van der Waals surface area contributed by atoms with Gasteiger partial charge < -0.3 is 15.3 Å². The highest BCUT2D eigenvalue weighted by Crippen LogP contribution is 2.30. The van der Waals surface area contributed by atoms with Gasteiger partial charge in [-0.15, -0.1) is 0 Å². The molecule has 1 aromatic rings. The number of hydrogen-bond acceptors (Lipinski definition) is 3. The Kier molecular flexibility index (Phi) is 4.70. The second-order valence-electron chi connectivity index (χ2n) is 5.96. The normalized spacial score (nSPS) is 18.8. The third-order valence-corrected chi connectivity index (χ3v) is 4.57. The highest BCUT2D eigenvalue weighted by atomic mass is 79.9. The Morgan fingerprint density at radius 3 is 2.70 bits per heavy atom. The summed E-state index contributed by atoms with van der Waals surface area (Å²) in [6.07, 6.45) is 2.16. The quantitative estimate of drug-likeness (QED) is 0.889. The van der Waals surface area contributed by atoms with Crippen LogP contribution in [0.3, 0.4) is 0 Å². The summed E-state index contributed by atoms with van der Waals surface area (Å²) in [6.45, 7) is 4.99. The maximum Gasteiger partial charge on any atom is 0.255 e. The molecule has 1 aliphatic heterocycles. The summed E-state index contributed by atoms with van der Waals surface area (Å²) >= 11 is 3.26. The van der Waals surface area contributed by atoms with Gasteiger partial charge in [0.15, 0.2) is 0 Å². The molecule has 0 unspecified atom stereocenters. The number of phenolic OH excluding ortho intramolecular Hbond substituents is 1. The van der Waals surface area contributed by atoms with Crippen LogP contribution in [0.25, 0.3) is 0 Å². The average Bonchev–Trinajstić information content (AvgIpc) is 2.40. The van der Waals surface area contributed by atoms with Crippen LogP contribution in [0.15, 0.2) is 22.7 Å². The molecule has 5 heteroatoms. The number of piperidine rings is 1. The Balaban J connectivity index is 1.95. The predicted octanol–water partition coefficient (Wildman–Crippen LogP) is 2.62. The molecule has 0 aromatic heterocycles. The number of halogens is 1. The molecule has 4 nitrogen and oxygen atoms in total. The van der Waals surface area contributed by atoms with Crippen LogP contribution < -0.4 is 5.32 Å². The maximum absolute atomic E-state index is 12.1. The summed E-state index contributed by atoms with van der Waals surface area (Å²) in [4.78, 5) is 14.4. The first-order valence-electron chi connectivity index (χ1n) is 6.85. The zero-order valence-electron chi connectivity index (χ0n) is 11.9. The second-order valence-corrected chi connectivity index (χ2v) is 6.87. The fraction of sp³-hybridized carbons (Fsp3) is 0.533. The van der Waals surface area contributed by atoms with E-state index in [9.17, 15) is 9.90 Å². The van der Waals surface area contributed by atoms with Gasteiger partial charge >= 0.3 is 0 Å². The molecule has 1 heterocycles. The lowest BCUT2D eigenvalue weighted by atomic mass is 9.80. The summed E-state index contributed by atoms with van der Waals surface area (Å²) in [7, 11) is 2.12. The monoisotopic (exact) mass is 340 g/mol. The van der Waals surface area contributed by atoms with Gasteiger partial charge in [0.1, 0.15) is 5.75 Å². The van der Waals surface area contributed by atoms with Crippen molar-refractivity contribution in [2.45, 2.75) is 19.8 Å². The molecular formula is C15H21BrN2O2. The predicted molar refractivity (Wildman–Crippen MR) is 83.0 cm³/mol. The Hall–Kier alpha value is -1.07. The van der Waals surface area contributed by atoms with Gasteiger partial charge in [0, 0.05) is 11.0 Å². The van der Waals surface area contributed by atoms with E-state index >= 15 is 0 Å². The van der Waals surface area contributed by atoms with Crippen molar-refractivity contribution >= 4 is 21.8 Å². The Labute approximate surface area is 128 Å². The van der Waals surface area contributed by atoms with Crippen molar-refractivity contribution in [3.8, 4) is 5.75 Å². The Morgan fingerprint density at radius 1 is 1.45 bits per heavy atom. The number of carbonyl (C=O) groups is 1. The van der Waals surface area contributed by atoms with E-state index in [0.29, 0.717) is 12.1 Å². The van der Waals surface area contributed by atoms with E-state index < -0.39 is 0 Å². The van der Waals surface area contributed by atoms with Gasteiger partial charge in [-0.2, -0.15) is 0 Å². The van der Waals surface area contributed by atoms with Crippen molar-refractivity contribution < 1.29 is 9.90 Å². The number of phenols is 1. The van der Waals surface area contributed by atoms with E-state index in [1.165, 1.54) is 6.07 Å². The number of rotatable bonds is 3. The summed E-state index contributed by atoms with van der Waals surface area (Å²) in [5.74, 6) is -0.208. The molecule has 1 fully saturated rings. The lowest BCUT2D eigenvalue weighted by molar-refractivity contribution is 0.0889. The van der Waals surface area contributed by atoms with Crippen molar-refractivity contribution in [3.05, 3.63) is 28.2 Å². The Morgan fingerprint density at radius 2 is 2.10 bits per heavy atom. The van der Waals surface area contributed by atoms with Crippen molar-refractivity contribution in [3.63, 3.8) is 0 Å². The molecule has 20 heavy (non-hydrogen) atoms. The van der Waals surface area contributed by atoms with E-state index in [1.54, 1.807) is 12.1 Å². The van der Waals surface area contributed by atoms with Gasteiger partial charge in [-0.25, -0.2) is 0 Å². The van der Waals surface area contributed by atoms with Crippen molar-refractivity contribution in [2.24, 2.45) is 5.41 Å². The lowest BCUT2D eigenvalue weighted by Crippen LogP contribution is -2.43. The van der Waals surface area contributed by atoms with Crippen LogP contribution in [0.1, 0.15) is 30.1 Å². The summed E-state index contributed by atoms with van der Waals surface area (Å²) < 4.78 is 0.758. The van der Waals surface area contributed by atoms with Crippen LogP contribution in [-0.4, -0.2) is 42.6 Å². The van der Waals surface area contributed by atoms with Gasteiger partial charge in [0.05, 0.1) is 5.56 Å². The number of nitrogens with zero attached hydrogens (tertiary/aromatic N) is 1. The molecule has 0 atom stereocenters. The Bertz CT molecular complexity index is 497. The van der Waals surface area contributed by atoms with Crippen LogP contribution in [0.2, 0.25) is 0 Å². The number of carbonyl (C=O) groups excluding carboxylic acids is 1. The van der Waals surface area contributed by atoms with Gasteiger partial charge in [-0.3, -0.25) is 4.79 Å². The van der Waals surface area contributed by atoms with E-state index in [2.05, 4.69) is 40.1 Å². The lowest BCUT2D eigenvalue weighted by Gasteiger charge is -2.37. The minimum atomic E-state index is -0.213. The molecule has 110 valence electrons. The first-order valence-corrected chi connectivity index (χ1v) is 7.64. The minimum absolute atomic E-state index is 0.00501. The largest absolute Gasteiger partial charge is 0.507 e. The minimum Gasteiger partial charge on any atom is -0.507 e. The molecule has 1 aliphatic rings. The molecule has 0 saturated carbocycles. The third-order valence-electron chi connectivity index (χ3n) is 4.07. The number of hydrogen-bond donors (Lipinski definition) is 2. The molecule has 0 spiro atoms. The number of benzene rings is 1. The average molecular weight is 341 g/mol. The van der Waals surface area contributed by atoms with Crippen molar-refractivity contribution in [1.82, 2.24) is 10.2 Å². The number of nitrogens with one attached hydrogen (secondary N) is 1. The standard InChI is InChI=1S/C15H21BrN2O2/c1-15(5-7-18(2)8-6-15)10-17-14(20)12-4-3-11(16)9-13(12)19/h3-4,9,19H,5-8,10H2,1-2H3,(H,17,20). The van der Waals surface area contributed by atoms with E-state index in [4.69, 9.17) is 0 Å².